The van der Waals surface area contributed by atoms with E-state index in [1.165, 1.54) is 0 Å². The maximum absolute atomic E-state index is 12.6. The molecule has 0 spiro atoms. The van der Waals surface area contributed by atoms with Gasteiger partial charge in [-0.05, 0) is 48.6 Å². The van der Waals surface area contributed by atoms with Crippen LogP contribution in [0.25, 0.3) is 0 Å². The van der Waals surface area contributed by atoms with Gasteiger partial charge in [0.2, 0.25) is 5.91 Å². The quantitative estimate of drug-likeness (QED) is 0.569. The lowest BCUT2D eigenvalue weighted by molar-refractivity contribution is -0.115. The van der Waals surface area contributed by atoms with Crippen LogP contribution in [-0.2, 0) is 11.2 Å². The first-order chi connectivity index (χ1) is 12.7. The molecular weight excluding hydrogens is 400 g/mol. The number of nitrogens with zero attached hydrogens (tertiary/aromatic N) is 1. The monoisotopic (exact) mass is 429 g/mol. The average molecular weight is 430 g/mol. The summed E-state index contributed by atoms with van der Waals surface area (Å²) in [6.45, 7) is 12.8. The van der Waals surface area contributed by atoms with Gasteiger partial charge >= 0.3 is 0 Å². The maximum atomic E-state index is 12.6. The van der Waals surface area contributed by atoms with Gasteiger partial charge in [-0.3, -0.25) is 4.79 Å². The molecule has 1 amide bonds. The van der Waals surface area contributed by atoms with Gasteiger partial charge in [0.25, 0.3) is 0 Å². The van der Waals surface area contributed by atoms with Crippen LogP contribution in [0.3, 0.4) is 0 Å². The van der Waals surface area contributed by atoms with E-state index in [9.17, 15) is 4.79 Å². The van der Waals surface area contributed by atoms with Gasteiger partial charge in [0.15, 0.2) is 0 Å². The molecule has 27 heavy (non-hydrogen) atoms. The van der Waals surface area contributed by atoms with E-state index in [-0.39, 0.29) is 5.91 Å². The standard InChI is InChI=1S/C23H30BrN2O/c1-16(2)14-26(15-17(3)4)22-11-10-20(24)13-21(22)25-23(27)12-19-8-6-18(5)7-9-19/h6-8,10-11,13,16-17H,12,14-15H2,1-5H3,(H,25,27). The number of amides is 1. The number of hydrogen-bond donors (Lipinski definition) is 1. The molecule has 0 aliphatic carbocycles. The van der Waals surface area contributed by atoms with Crippen LogP contribution in [-0.4, -0.2) is 19.0 Å². The van der Waals surface area contributed by atoms with E-state index in [0.29, 0.717) is 18.3 Å². The zero-order chi connectivity index (χ0) is 20.0. The minimum absolute atomic E-state index is 0.0245. The summed E-state index contributed by atoms with van der Waals surface area (Å²) in [7, 11) is 0. The van der Waals surface area contributed by atoms with Crippen LogP contribution in [0.5, 0.6) is 0 Å². The van der Waals surface area contributed by atoms with E-state index in [1.807, 2.05) is 37.3 Å². The Morgan fingerprint density at radius 1 is 1.11 bits per heavy atom. The van der Waals surface area contributed by atoms with Crippen LogP contribution in [0.2, 0.25) is 0 Å². The summed E-state index contributed by atoms with van der Waals surface area (Å²) in [4.78, 5) is 15.0. The Morgan fingerprint density at radius 2 is 1.78 bits per heavy atom. The molecule has 2 aromatic rings. The predicted octanol–water partition coefficient (Wildman–Crippen LogP) is 5.86. The van der Waals surface area contributed by atoms with E-state index >= 15 is 0 Å². The topological polar surface area (TPSA) is 32.3 Å². The SMILES string of the molecule is Cc1c[c]c(CC(=O)Nc2cc(Br)ccc2N(CC(C)C)CC(C)C)cc1. The van der Waals surface area contributed by atoms with Crippen molar-refractivity contribution in [3.05, 3.63) is 58.1 Å². The molecule has 1 radical (unpaired) electrons. The molecule has 3 nitrogen and oxygen atoms in total. The first kappa shape index (κ1) is 21.5. The Balaban J connectivity index is 2.22. The molecule has 4 heteroatoms. The number of carbonyl (C=O) groups excluding carboxylic acids is 1. The summed E-state index contributed by atoms with van der Waals surface area (Å²) in [6, 6.07) is 15.2. The molecular formula is C23H30BrN2O. The van der Waals surface area contributed by atoms with Crippen molar-refractivity contribution in [2.75, 3.05) is 23.3 Å². The Bertz CT molecular complexity index is 743. The highest BCUT2D eigenvalue weighted by Gasteiger charge is 2.16. The highest BCUT2D eigenvalue weighted by molar-refractivity contribution is 9.10. The van der Waals surface area contributed by atoms with Crippen LogP contribution in [0.15, 0.2) is 40.9 Å². The van der Waals surface area contributed by atoms with Crippen molar-refractivity contribution in [2.45, 2.75) is 41.0 Å². The first-order valence-corrected chi connectivity index (χ1v) is 10.4. The molecule has 2 rings (SSSR count). The summed E-state index contributed by atoms with van der Waals surface area (Å²) in [5.74, 6) is 1.06. The van der Waals surface area contributed by atoms with Gasteiger partial charge in [-0.15, -0.1) is 0 Å². The van der Waals surface area contributed by atoms with Crippen molar-refractivity contribution in [3.8, 4) is 0 Å². The van der Waals surface area contributed by atoms with Crippen LogP contribution >= 0.6 is 15.9 Å². The first-order valence-electron chi connectivity index (χ1n) is 9.56. The molecule has 0 fully saturated rings. The largest absolute Gasteiger partial charge is 0.369 e. The maximum Gasteiger partial charge on any atom is 0.228 e. The number of carbonyl (C=O) groups is 1. The third-order valence-electron chi connectivity index (χ3n) is 4.13. The second-order valence-electron chi connectivity index (χ2n) is 7.97. The summed E-state index contributed by atoms with van der Waals surface area (Å²) >= 11 is 3.54. The average Bonchev–Trinajstić information content (AvgIpc) is 2.55. The van der Waals surface area contributed by atoms with Crippen molar-refractivity contribution < 1.29 is 4.79 Å². The fraction of sp³-hybridized carbons (Fsp3) is 0.435. The number of hydrogen-bond acceptors (Lipinski definition) is 2. The number of aryl methyl sites for hydroxylation is 1. The zero-order valence-corrected chi connectivity index (χ0v) is 18.6. The number of halogens is 1. The highest BCUT2D eigenvalue weighted by atomic mass is 79.9. The van der Waals surface area contributed by atoms with Crippen molar-refractivity contribution in [3.63, 3.8) is 0 Å². The molecule has 0 heterocycles. The van der Waals surface area contributed by atoms with Crippen molar-refractivity contribution >= 4 is 33.2 Å². The summed E-state index contributed by atoms with van der Waals surface area (Å²) in [6.07, 6.45) is 0.320. The molecule has 0 saturated carbocycles. The third-order valence-corrected chi connectivity index (χ3v) is 4.62. The minimum Gasteiger partial charge on any atom is -0.369 e. The lowest BCUT2D eigenvalue weighted by Crippen LogP contribution is -2.32. The van der Waals surface area contributed by atoms with Gasteiger partial charge in [0.1, 0.15) is 0 Å². The Hall–Kier alpha value is -1.81. The molecule has 0 atom stereocenters. The second kappa shape index (κ2) is 9.93. The zero-order valence-electron chi connectivity index (χ0n) is 17.0. The fourth-order valence-corrected chi connectivity index (χ4v) is 3.41. The Labute approximate surface area is 172 Å². The molecule has 0 aliphatic rings. The lowest BCUT2D eigenvalue weighted by atomic mass is 10.1. The number of nitrogens with one attached hydrogen (secondary N) is 1. The van der Waals surface area contributed by atoms with Crippen molar-refractivity contribution in [1.82, 2.24) is 0 Å². The molecule has 0 bridgehead atoms. The summed E-state index contributed by atoms with van der Waals surface area (Å²) in [5.41, 5.74) is 3.96. The van der Waals surface area contributed by atoms with Crippen LogP contribution < -0.4 is 10.2 Å². The number of anilines is 2. The molecule has 0 aliphatic heterocycles. The normalized spacial score (nSPS) is 11.1. The summed E-state index contributed by atoms with van der Waals surface area (Å²) < 4.78 is 0.956. The van der Waals surface area contributed by atoms with Gasteiger partial charge in [0, 0.05) is 17.6 Å². The van der Waals surface area contributed by atoms with E-state index in [0.717, 1.165) is 40.1 Å². The second-order valence-corrected chi connectivity index (χ2v) is 8.89. The molecule has 0 aromatic heterocycles. The third kappa shape index (κ3) is 7.02. The minimum atomic E-state index is -0.0245. The summed E-state index contributed by atoms with van der Waals surface area (Å²) in [5, 5.41) is 3.11. The van der Waals surface area contributed by atoms with Crippen LogP contribution in [0.1, 0.15) is 38.8 Å². The van der Waals surface area contributed by atoms with E-state index in [4.69, 9.17) is 0 Å². The molecule has 2 aromatic carbocycles. The van der Waals surface area contributed by atoms with Gasteiger partial charge in [-0.2, -0.15) is 0 Å². The lowest BCUT2D eigenvalue weighted by Gasteiger charge is -2.30. The smallest absolute Gasteiger partial charge is 0.228 e. The van der Waals surface area contributed by atoms with Gasteiger partial charge in [-0.1, -0.05) is 67.4 Å². The fourth-order valence-electron chi connectivity index (χ4n) is 3.05. The molecule has 0 unspecified atom stereocenters. The molecule has 0 saturated heterocycles. The van der Waals surface area contributed by atoms with E-state index in [2.05, 4.69) is 66.0 Å². The van der Waals surface area contributed by atoms with Gasteiger partial charge < -0.3 is 10.2 Å². The Kier molecular flexibility index (Phi) is 7.91. The highest BCUT2D eigenvalue weighted by Crippen LogP contribution is 2.31. The van der Waals surface area contributed by atoms with Gasteiger partial charge in [0.05, 0.1) is 17.8 Å². The van der Waals surface area contributed by atoms with Crippen LogP contribution in [0.4, 0.5) is 11.4 Å². The molecule has 145 valence electrons. The predicted molar refractivity (Wildman–Crippen MR) is 118 cm³/mol. The number of rotatable bonds is 8. The van der Waals surface area contributed by atoms with Gasteiger partial charge in [-0.25, -0.2) is 0 Å². The number of benzene rings is 2. The van der Waals surface area contributed by atoms with E-state index in [1.54, 1.807) is 0 Å². The Morgan fingerprint density at radius 3 is 2.33 bits per heavy atom. The van der Waals surface area contributed by atoms with Crippen LogP contribution in [0, 0.1) is 24.8 Å². The van der Waals surface area contributed by atoms with Crippen molar-refractivity contribution in [2.24, 2.45) is 11.8 Å². The van der Waals surface area contributed by atoms with Crippen molar-refractivity contribution in [1.29, 1.82) is 0 Å². The molecule has 1 N–H and O–H groups in total. The van der Waals surface area contributed by atoms with E-state index < -0.39 is 0 Å².